The summed E-state index contributed by atoms with van der Waals surface area (Å²) in [6.07, 6.45) is 7.21. The number of carbonyl (C=O) groups excluding carboxylic acids is 3. The molecule has 0 aliphatic carbocycles. The molecule has 55 heavy (non-hydrogen) atoms. The molecule has 0 saturated carbocycles. The molecule has 0 radical (unpaired) electrons. The van der Waals surface area contributed by atoms with Crippen molar-refractivity contribution in [2.24, 2.45) is 0 Å². The second kappa shape index (κ2) is 19.8. The number of thiophene rings is 1. The molecule has 2 atom stereocenters. The lowest BCUT2D eigenvalue weighted by Crippen LogP contribution is -2.54. The van der Waals surface area contributed by atoms with E-state index in [2.05, 4.69) is 27.5 Å². The van der Waals surface area contributed by atoms with Crippen LogP contribution in [-0.2, 0) is 31.4 Å². The van der Waals surface area contributed by atoms with Crippen molar-refractivity contribution in [2.45, 2.75) is 96.4 Å². The number of benzene rings is 2. The number of nitrogens with one attached hydrogen (secondary N) is 3. The zero-order valence-corrected chi connectivity index (χ0v) is 33.5. The molecule has 2 heterocycles. The smallest absolute Gasteiger partial charge is 0.262 e. The summed E-state index contributed by atoms with van der Waals surface area (Å²) < 4.78 is 30.6. The summed E-state index contributed by atoms with van der Waals surface area (Å²) in [6, 6.07) is 15.7. The van der Waals surface area contributed by atoms with Gasteiger partial charge in [-0.1, -0.05) is 89.8 Å². The first-order chi connectivity index (χ1) is 26.0. The molecule has 2 aromatic carbocycles. The Morgan fingerprint density at radius 2 is 1.47 bits per heavy atom. The van der Waals surface area contributed by atoms with Crippen molar-refractivity contribution in [1.82, 2.24) is 25.3 Å². The summed E-state index contributed by atoms with van der Waals surface area (Å²) in [7, 11) is -3.93. The number of aromatic nitrogens is 2. The van der Waals surface area contributed by atoms with Gasteiger partial charge >= 0.3 is 0 Å². The number of ether oxygens (including phenoxy) is 1. The molecule has 0 unspecified atom stereocenters. The van der Waals surface area contributed by atoms with Gasteiger partial charge in [0.1, 0.15) is 11.8 Å². The number of aliphatic hydroxyl groups excluding tert-OH is 1. The van der Waals surface area contributed by atoms with E-state index in [9.17, 15) is 33.0 Å². The quantitative estimate of drug-likeness (QED) is 0.0628. The zero-order chi connectivity index (χ0) is 40.2. The molecule has 4 rings (SSSR count). The van der Waals surface area contributed by atoms with Gasteiger partial charge < -0.3 is 25.6 Å². The molecule has 0 aliphatic rings. The maximum Gasteiger partial charge on any atom is 0.262 e. The Morgan fingerprint density at radius 1 is 0.836 bits per heavy atom. The number of sulfonamides is 1. The van der Waals surface area contributed by atoms with Gasteiger partial charge in [-0.3, -0.25) is 19.1 Å². The van der Waals surface area contributed by atoms with Gasteiger partial charge in [0.2, 0.25) is 21.8 Å². The highest BCUT2D eigenvalue weighted by Crippen LogP contribution is 2.30. The fourth-order valence-corrected chi connectivity index (χ4v) is 7.02. The Labute approximate surface area is 327 Å². The fourth-order valence-electron chi connectivity index (χ4n) is 5.56. The van der Waals surface area contributed by atoms with Gasteiger partial charge in [0.15, 0.2) is 12.1 Å². The zero-order valence-electron chi connectivity index (χ0n) is 31.9. The predicted molar refractivity (Wildman–Crippen MR) is 213 cm³/mol. The maximum absolute atomic E-state index is 13.6. The Morgan fingerprint density at radius 3 is 2.05 bits per heavy atom. The van der Waals surface area contributed by atoms with Gasteiger partial charge in [-0.25, -0.2) is 18.4 Å². The Hall–Kier alpha value is -4.70. The minimum absolute atomic E-state index is 0.00248. The highest BCUT2D eigenvalue weighted by molar-refractivity contribution is 7.89. The number of rotatable bonds is 19. The second-order valence-electron chi connectivity index (χ2n) is 14.5. The minimum atomic E-state index is -3.93. The first-order valence-electron chi connectivity index (χ1n) is 18.2. The first-order valence-corrected chi connectivity index (χ1v) is 21.0. The monoisotopic (exact) mass is 793 g/mol. The van der Waals surface area contributed by atoms with Crippen LogP contribution in [0.3, 0.4) is 0 Å². The van der Waals surface area contributed by atoms with Crippen molar-refractivity contribution in [3.63, 3.8) is 0 Å². The molecule has 2 aromatic heterocycles. The van der Waals surface area contributed by atoms with Gasteiger partial charge in [0, 0.05) is 34.8 Å². The number of unbranched alkanes of at least 4 members (excludes halogenated alkanes) is 4. The largest absolute Gasteiger partial charge is 0.494 e. The Balaban J connectivity index is 1.45. The summed E-state index contributed by atoms with van der Waals surface area (Å²) >= 11 is 1.29. The molecule has 296 valence electrons. The molecule has 3 amide bonds. The van der Waals surface area contributed by atoms with Crippen LogP contribution in [0.25, 0.3) is 22.5 Å². The molecule has 15 heteroatoms. The average Bonchev–Trinajstić information content (AvgIpc) is 3.64. The van der Waals surface area contributed by atoms with Crippen molar-refractivity contribution in [3.8, 4) is 28.3 Å². The first kappa shape index (κ1) is 43.0. The molecule has 13 nitrogen and oxygen atoms in total. The molecule has 0 saturated heterocycles. The molecule has 0 fully saturated rings. The Bertz CT molecular complexity index is 1980. The normalized spacial score (nSPS) is 12.9. The topological polar surface area (TPSA) is 197 Å². The lowest BCUT2D eigenvalue weighted by Gasteiger charge is -2.24. The fraction of sp³-hybridized carbons (Fsp3) is 0.425. The summed E-state index contributed by atoms with van der Waals surface area (Å²) in [6.45, 7) is 8.95. The van der Waals surface area contributed by atoms with Crippen molar-refractivity contribution in [2.75, 3.05) is 12.9 Å². The van der Waals surface area contributed by atoms with Gasteiger partial charge in [-0.05, 0) is 47.2 Å². The summed E-state index contributed by atoms with van der Waals surface area (Å²) in [5.41, 5.74) is 2.97. The molecule has 5 N–H and O–H groups in total. The summed E-state index contributed by atoms with van der Waals surface area (Å²) in [4.78, 5) is 49.7. The second-order valence-corrected chi connectivity index (χ2v) is 17.3. The van der Waals surface area contributed by atoms with Crippen LogP contribution in [0.15, 0.2) is 73.1 Å². The van der Waals surface area contributed by atoms with E-state index in [0.29, 0.717) is 22.9 Å². The van der Waals surface area contributed by atoms with E-state index < -0.39 is 52.5 Å². The van der Waals surface area contributed by atoms with Crippen LogP contribution in [0.4, 0.5) is 0 Å². The van der Waals surface area contributed by atoms with E-state index in [-0.39, 0.29) is 11.8 Å². The molecular weight excluding hydrogens is 743 g/mol. The van der Waals surface area contributed by atoms with Crippen molar-refractivity contribution < 1.29 is 37.8 Å². The van der Waals surface area contributed by atoms with Crippen LogP contribution in [0, 0.1) is 0 Å². The third kappa shape index (κ3) is 13.8. The van der Waals surface area contributed by atoms with Gasteiger partial charge in [-0.2, -0.15) is 0 Å². The van der Waals surface area contributed by atoms with Crippen LogP contribution in [0.1, 0.15) is 86.3 Å². The Kier molecular flexibility index (Phi) is 15.5. The number of hydrogen-bond donors (Lipinski definition) is 5. The van der Waals surface area contributed by atoms with Crippen LogP contribution in [0.5, 0.6) is 5.75 Å². The highest BCUT2D eigenvalue weighted by atomic mass is 32.2. The van der Waals surface area contributed by atoms with E-state index in [4.69, 9.17) is 4.74 Å². The van der Waals surface area contributed by atoms with E-state index in [0.717, 1.165) is 40.0 Å². The number of amides is 3. The SMILES string of the molecule is CCCCCCCOc1ccc(-c2cnc(-c3ccc(C[C@H](NC(=O)c4ccc(C(C)(C)C)s4)C(=O)N[C@@H](CC(=O)NS(C)(=O)=O)C(O)O)cc3)nc2)cc1. The van der Waals surface area contributed by atoms with Gasteiger partial charge in [0.05, 0.1) is 30.2 Å². The van der Waals surface area contributed by atoms with Crippen LogP contribution < -0.4 is 20.1 Å². The molecule has 0 spiro atoms. The number of carbonyl (C=O) groups is 3. The van der Waals surface area contributed by atoms with E-state index >= 15 is 0 Å². The van der Waals surface area contributed by atoms with Crippen molar-refractivity contribution in [3.05, 3.63) is 88.4 Å². The third-order valence-electron chi connectivity index (χ3n) is 8.59. The highest BCUT2D eigenvalue weighted by Gasteiger charge is 2.29. The van der Waals surface area contributed by atoms with Gasteiger partial charge in [-0.15, -0.1) is 11.3 Å². The maximum atomic E-state index is 13.6. The number of hydrogen-bond acceptors (Lipinski definition) is 11. The molecular formula is C40H51N5O8S2. The third-order valence-corrected chi connectivity index (χ3v) is 10.7. The van der Waals surface area contributed by atoms with Crippen molar-refractivity contribution >= 4 is 39.1 Å². The van der Waals surface area contributed by atoms with Crippen LogP contribution >= 0.6 is 11.3 Å². The lowest BCUT2D eigenvalue weighted by atomic mass is 9.95. The minimum Gasteiger partial charge on any atom is -0.494 e. The number of nitrogens with zero attached hydrogens (tertiary/aromatic N) is 2. The standard InChI is InChI=1S/C40H51N5O8S2/c1-6-7-8-9-10-21-53-30-17-15-27(16-18-30)29-24-41-36(42-25-29)28-13-11-26(12-14-28)22-31(43-38(48)33-19-20-34(54-33)40(2,3)4)37(47)44-32(39(49)50)23-35(46)45-55(5,51)52/h11-20,24-25,31-32,39,49-50H,6-10,21-23H2,1-5H3,(H,43,48)(H,44,47)(H,45,46)/t31-,32-/m0/s1. The van der Waals surface area contributed by atoms with E-state index in [1.165, 1.54) is 37.0 Å². The summed E-state index contributed by atoms with van der Waals surface area (Å²) in [5, 5.41) is 25.0. The van der Waals surface area contributed by atoms with E-state index in [1.807, 2.05) is 51.1 Å². The van der Waals surface area contributed by atoms with E-state index in [1.54, 1.807) is 47.4 Å². The predicted octanol–water partition coefficient (Wildman–Crippen LogP) is 5.12. The summed E-state index contributed by atoms with van der Waals surface area (Å²) in [5.74, 6) is -1.06. The molecule has 0 aliphatic heterocycles. The van der Waals surface area contributed by atoms with Gasteiger partial charge in [0.25, 0.3) is 5.91 Å². The van der Waals surface area contributed by atoms with Crippen LogP contribution in [-0.4, -0.2) is 77.6 Å². The number of aliphatic hydroxyl groups is 2. The van der Waals surface area contributed by atoms with Crippen LogP contribution in [0.2, 0.25) is 0 Å². The molecule has 0 bridgehead atoms. The van der Waals surface area contributed by atoms with Crippen molar-refractivity contribution in [1.29, 1.82) is 0 Å². The lowest BCUT2D eigenvalue weighted by molar-refractivity contribution is -0.132. The molecule has 4 aromatic rings. The average molecular weight is 794 g/mol.